The van der Waals surface area contributed by atoms with E-state index >= 15 is 0 Å². The molecule has 1 unspecified atom stereocenters. The van der Waals surface area contributed by atoms with E-state index < -0.39 is 0 Å². The average Bonchev–Trinajstić information content (AvgIpc) is 3.49. The molecule has 2 heterocycles. The maximum absolute atomic E-state index is 12.7. The summed E-state index contributed by atoms with van der Waals surface area (Å²) in [6.07, 6.45) is 1.53. The highest BCUT2D eigenvalue weighted by Gasteiger charge is 2.32. The fourth-order valence-corrected chi connectivity index (χ4v) is 5.03. The normalized spacial score (nSPS) is 14.8. The molecule has 1 aliphatic carbocycles. The zero-order chi connectivity index (χ0) is 21.1. The van der Waals surface area contributed by atoms with Crippen molar-refractivity contribution in [1.82, 2.24) is 10.3 Å². The summed E-state index contributed by atoms with van der Waals surface area (Å²) in [4.78, 5) is 32.0. The van der Waals surface area contributed by atoms with Gasteiger partial charge in [-0.3, -0.25) is 14.9 Å². The van der Waals surface area contributed by atoms with E-state index in [0.717, 1.165) is 28.3 Å². The number of rotatable bonds is 7. The lowest BCUT2D eigenvalue weighted by Crippen LogP contribution is -2.27. The standard InChI is InChI=1S/C21H21N3O4S2/c1-27-13-8-12(9-14(10-13)28-2)19(25)24-21-23-18-16(5-6-17(18)30-21)20(26)22-11-15-4-3-7-29-15/h3-4,7-10,16H,5-6,11H2,1-2H3,(H,22,26)(H,23,24,25). The second-order valence-corrected chi connectivity index (χ2v) is 8.89. The average molecular weight is 444 g/mol. The molecule has 2 amide bonds. The van der Waals surface area contributed by atoms with E-state index in [-0.39, 0.29) is 17.7 Å². The number of carbonyl (C=O) groups excluding carboxylic acids is 2. The predicted molar refractivity (Wildman–Crippen MR) is 117 cm³/mol. The van der Waals surface area contributed by atoms with Gasteiger partial charge in [-0.1, -0.05) is 6.07 Å². The third-order valence-electron chi connectivity index (χ3n) is 4.89. The maximum atomic E-state index is 12.7. The summed E-state index contributed by atoms with van der Waals surface area (Å²) in [7, 11) is 3.07. The summed E-state index contributed by atoms with van der Waals surface area (Å²) in [5, 5.41) is 8.30. The number of thiophene rings is 1. The van der Waals surface area contributed by atoms with Gasteiger partial charge in [0.05, 0.1) is 32.4 Å². The quantitative estimate of drug-likeness (QED) is 0.579. The van der Waals surface area contributed by atoms with Crippen LogP contribution >= 0.6 is 22.7 Å². The SMILES string of the molecule is COc1cc(OC)cc(C(=O)Nc2nc3c(s2)CCC3C(=O)NCc2cccs2)c1. The number of anilines is 1. The van der Waals surface area contributed by atoms with Crippen LogP contribution in [0.25, 0.3) is 0 Å². The number of nitrogens with zero attached hydrogens (tertiary/aromatic N) is 1. The van der Waals surface area contributed by atoms with Crippen molar-refractivity contribution in [2.45, 2.75) is 25.3 Å². The predicted octanol–water partition coefficient (Wildman–Crippen LogP) is 3.82. The van der Waals surface area contributed by atoms with Gasteiger partial charge in [-0.15, -0.1) is 22.7 Å². The number of nitrogens with one attached hydrogen (secondary N) is 2. The highest BCUT2D eigenvalue weighted by atomic mass is 32.1. The first-order valence-electron chi connectivity index (χ1n) is 9.41. The molecule has 4 rings (SSSR count). The van der Waals surface area contributed by atoms with E-state index in [1.165, 1.54) is 25.6 Å². The largest absolute Gasteiger partial charge is 0.497 e. The highest BCUT2D eigenvalue weighted by molar-refractivity contribution is 7.16. The molecule has 0 spiro atoms. The van der Waals surface area contributed by atoms with Gasteiger partial charge in [-0.2, -0.15) is 0 Å². The Morgan fingerprint density at radius 1 is 1.20 bits per heavy atom. The molecule has 0 radical (unpaired) electrons. The van der Waals surface area contributed by atoms with Crippen molar-refractivity contribution < 1.29 is 19.1 Å². The molecule has 1 atom stereocenters. The maximum Gasteiger partial charge on any atom is 0.257 e. The molecule has 9 heteroatoms. The van der Waals surface area contributed by atoms with Crippen LogP contribution in [0.1, 0.15) is 38.1 Å². The molecular weight excluding hydrogens is 422 g/mol. The Balaban J connectivity index is 1.44. The minimum Gasteiger partial charge on any atom is -0.497 e. The van der Waals surface area contributed by atoms with Crippen LogP contribution in [-0.4, -0.2) is 31.0 Å². The van der Waals surface area contributed by atoms with Crippen LogP contribution in [0.2, 0.25) is 0 Å². The number of methoxy groups -OCH3 is 2. The zero-order valence-electron chi connectivity index (χ0n) is 16.6. The summed E-state index contributed by atoms with van der Waals surface area (Å²) in [6, 6.07) is 8.94. The topological polar surface area (TPSA) is 89.6 Å². The second-order valence-electron chi connectivity index (χ2n) is 6.77. The van der Waals surface area contributed by atoms with Gasteiger partial charge < -0.3 is 14.8 Å². The number of fused-ring (bicyclic) bond motifs is 1. The smallest absolute Gasteiger partial charge is 0.257 e. The number of ether oxygens (including phenoxy) is 2. The van der Waals surface area contributed by atoms with Crippen molar-refractivity contribution in [3.8, 4) is 11.5 Å². The first-order valence-corrected chi connectivity index (χ1v) is 11.1. The number of carbonyl (C=O) groups is 2. The highest BCUT2D eigenvalue weighted by Crippen LogP contribution is 2.38. The number of amides is 2. The number of hydrogen-bond acceptors (Lipinski definition) is 7. The number of aromatic nitrogens is 1. The minimum atomic E-state index is -0.307. The molecule has 0 bridgehead atoms. The van der Waals surface area contributed by atoms with E-state index in [0.29, 0.717) is 28.7 Å². The molecule has 1 aliphatic rings. The molecule has 3 aromatic rings. The first kappa shape index (κ1) is 20.4. The van der Waals surface area contributed by atoms with E-state index in [1.807, 2.05) is 17.5 Å². The molecule has 1 aromatic carbocycles. The number of hydrogen-bond donors (Lipinski definition) is 2. The van der Waals surface area contributed by atoms with Gasteiger partial charge in [0.2, 0.25) is 5.91 Å². The number of thiazole rings is 1. The van der Waals surface area contributed by atoms with Crippen molar-refractivity contribution in [2.24, 2.45) is 0 Å². The minimum absolute atomic E-state index is 0.0251. The zero-order valence-corrected chi connectivity index (χ0v) is 18.2. The summed E-state index contributed by atoms with van der Waals surface area (Å²) in [6.45, 7) is 0.522. The van der Waals surface area contributed by atoms with Crippen molar-refractivity contribution >= 4 is 39.6 Å². The fourth-order valence-electron chi connectivity index (χ4n) is 3.35. The molecule has 0 saturated heterocycles. The molecule has 7 nitrogen and oxygen atoms in total. The molecule has 2 N–H and O–H groups in total. The number of aryl methyl sites for hydroxylation is 1. The van der Waals surface area contributed by atoms with Gasteiger partial charge in [0, 0.05) is 21.4 Å². The van der Waals surface area contributed by atoms with Crippen LogP contribution in [0.15, 0.2) is 35.7 Å². The van der Waals surface area contributed by atoms with Crippen molar-refractivity contribution in [2.75, 3.05) is 19.5 Å². The fraction of sp³-hybridized carbons (Fsp3) is 0.286. The van der Waals surface area contributed by atoms with Crippen LogP contribution < -0.4 is 20.1 Å². The Labute approximate surface area is 182 Å². The number of benzene rings is 1. The first-order chi connectivity index (χ1) is 14.6. The Morgan fingerprint density at radius 2 is 1.97 bits per heavy atom. The van der Waals surface area contributed by atoms with Gasteiger partial charge in [0.15, 0.2) is 5.13 Å². The molecule has 0 saturated carbocycles. The van der Waals surface area contributed by atoms with Crippen LogP contribution in [-0.2, 0) is 17.8 Å². The third kappa shape index (κ3) is 4.31. The van der Waals surface area contributed by atoms with Crippen molar-refractivity contribution in [3.05, 3.63) is 56.7 Å². The van der Waals surface area contributed by atoms with Crippen molar-refractivity contribution in [3.63, 3.8) is 0 Å². The van der Waals surface area contributed by atoms with Crippen molar-refractivity contribution in [1.29, 1.82) is 0 Å². The van der Waals surface area contributed by atoms with Gasteiger partial charge in [-0.25, -0.2) is 4.98 Å². The third-order valence-corrected chi connectivity index (χ3v) is 6.81. The van der Waals surface area contributed by atoms with Gasteiger partial charge in [-0.05, 0) is 36.4 Å². The van der Waals surface area contributed by atoms with E-state index in [2.05, 4.69) is 15.6 Å². The Bertz CT molecular complexity index is 1040. The van der Waals surface area contributed by atoms with Crippen LogP contribution in [0.3, 0.4) is 0 Å². The molecular formula is C21H21N3O4S2. The van der Waals surface area contributed by atoms with Crippen LogP contribution in [0, 0.1) is 0 Å². The van der Waals surface area contributed by atoms with Gasteiger partial charge in [0.1, 0.15) is 11.5 Å². The van der Waals surface area contributed by atoms with Gasteiger partial charge in [0.25, 0.3) is 5.91 Å². The van der Waals surface area contributed by atoms with Crippen LogP contribution in [0.4, 0.5) is 5.13 Å². The lowest BCUT2D eigenvalue weighted by Gasteiger charge is -2.10. The Hall–Kier alpha value is -2.91. The summed E-state index contributed by atoms with van der Waals surface area (Å²) >= 11 is 3.03. The molecule has 0 fully saturated rings. The summed E-state index contributed by atoms with van der Waals surface area (Å²) < 4.78 is 10.4. The van der Waals surface area contributed by atoms with E-state index in [9.17, 15) is 9.59 Å². The second kappa shape index (κ2) is 8.85. The lowest BCUT2D eigenvalue weighted by atomic mass is 10.1. The Morgan fingerprint density at radius 3 is 2.63 bits per heavy atom. The molecule has 156 valence electrons. The Kier molecular flexibility index (Phi) is 6.01. The lowest BCUT2D eigenvalue weighted by molar-refractivity contribution is -0.122. The summed E-state index contributed by atoms with van der Waals surface area (Å²) in [5.41, 5.74) is 1.18. The van der Waals surface area contributed by atoms with Gasteiger partial charge >= 0.3 is 0 Å². The van der Waals surface area contributed by atoms with E-state index in [4.69, 9.17) is 9.47 Å². The molecule has 0 aliphatic heterocycles. The summed E-state index contributed by atoms with van der Waals surface area (Å²) in [5.74, 6) is 0.451. The van der Waals surface area contributed by atoms with Crippen LogP contribution in [0.5, 0.6) is 11.5 Å². The molecule has 30 heavy (non-hydrogen) atoms. The van der Waals surface area contributed by atoms with E-state index in [1.54, 1.807) is 29.5 Å². The molecule has 2 aromatic heterocycles. The monoisotopic (exact) mass is 443 g/mol.